The molecular formula is C17H22N4O2. The third-order valence-corrected chi connectivity index (χ3v) is 3.70. The molecule has 23 heavy (non-hydrogen) atoms. The minimum Gasteiger partial charge on any atom is -0.369 e. The fraction of sp³-hybridized carbons (Fsp3) is 0.353. The standard InChI is InChI=1S/C17H22N4O2/c1-3-14-10-15(22)21(17(18)19-14)12-16(23)20(4-2)11-13-8-6-5-7-9-13/h5-10H,3-4,11-12H2,1-2H3,(H2,18,19). The van der Waals surface area contributed by atoms with E-state index in [9.17, 15) is 9.59 Å². The summed E-state index contributed by atoms with van der Waals surface area (Å²) in [5.74, 6) is -0.0744. The fourth-order valence-corrected chi connectivity index (χ4v) is 2.33. The molecule has 2 aromatic rings. The van der Waals surface area contributed by atoms with E-state index in [1.165, 1.54) is 10.6 Å². The van der Waals surface area contributed by atoms with Crippen LogP contribution in [0.3, 0.4) is 0 Å². The number of rotatable bonds is 6. The molecule has 1 aromatic heterocycles. The molecule has 6 nitrogen and oxygen atoms in total. The van der Waals surface area contributed by atoms with Gasteiger partial charge in [0.25, 0.3) is 5.56 Å². The maximum Gasteiger partial charge on any atom is 0.255 e. The predicted octanol–water partition coefficient (Wildman–Crippen LogP) is 1.44. The molecule has 0 atom stereocenters. The number of aryl methyl sites for hydroxylation is 1. The van der Waals surface area contributed by atoms with E-state index in [2.05, 4.69) is 4.98 Å². The molecule has 0 aliphatic rings. The van der Waals surface area contributed by atoms with E-state index >= 15 is 0 Å². The normalized spacial score (nSPS) is 10.5. The number of nitrogens with two attached hydrogens (primary N) is 1. The van der Waals surface area contributed by atoms with Gasteiger partial charge in [0.15, 0.2) is 0 Å². The first-order chi connectivity index (χ1) is 11.0. The van der Waals surface area contributed by atoms with Crippen LogP contribution in [0.4, 0.5) is 5.95 Å². The molecule has 0 aliphatic heterocycles. The molecule has 0 saturated carbocycles. The summed E-state index contributed by atoms with van der Waals surface area (Å²) >= 11 is 0. The summed E-state index contributed by atoms with van der Waals surface area (Å²) in [6.07, 6.45) is 0.628. The van der Waals surface area contributed by atoms with Crippen LogP contribution >= 0.6 is 0 Å². The summed E-state index contributed by atoms with van der Waals surface area (Å²) in [6, 6.07) is 11.2. The van der Waals surface area contributed by atoms with Crippen molar-refractivity contribution in [3.63, 3.8) is 0 Å². The van der Waals surface area contributed by atoms with E-state index in [-0.39, 0.29) is 24.0 Å². The molecule has 0 spiro atoms. The van der Waals surface area contributed by atoms with E-state index in [1.54, 1.807) is 4.90 Å². The van der Waals surface area contributed by atoms with E-state index in [0.29, 0.717) is 25.2 Å². The number of hydrogen-bond acceptors (Lipinski definition) is 4. The monoisotopic (exact) mass is 314 g/mol. The van der Waals surface area contributed by atoms with Crippen molar-refractivity contribution in [2.75, 3.05) is 12.3 Å². The smallest absolute Gasteiger partial charge is 0.255 e. The number of hydrogen-bond donors (Lipinski definition) is 1. The van der Waals surface area contributed by atoms with Crippen LogP contribution in [0.1, 0.15) is 25.1 Å². The lowest BCUT2D eigenvalue weighted by Crippen LogP contribution is -2.37. The van der Waals surface area contributed by atoms with Gasteiger partial charge in [0.2, 0.25) is 11.9 Å². The van der Waals surface area contributed by atoms with Gasteiger partial charge in [0.1, 0.15) is 6.54 Å². The summed E-state index contributed by atoms with van der Waals surface area (Å²) in [5.41, 5.74) is 7.20. The zero-order valence-electron chi connectivity index (χ0n) is 13.5. The Morgan fingerprint density at radius 1 is 1.26 bits per heavy atom. The molecule has 0 saturated heterocycles. The number of aromatic nitrogens is 2. The lowest BCUT2D eigenvalue weighted by Gasteiger charge is -2.22. The molecule has 0 bridgehead atoms. The first-order valence-electron chi connectivity index (χ1n) is 7.73. The number of amides is 1. The number of nitrogens with zero attached hydrogens (tertiary/aromatic N) is 3. The molecule has 0 aliphatic carbocycles. The van der Waals surface area contributed by atoms with Crippen molar-refractivity contribution < 1.29 is 4.79 Å². The number of carbonyl (C=O) groups excluding carboxylic acids is 1. The van der Waals surface area contributed by atoms with Gasteiger partial charge in [-0.25, -0.2) is 4.98 Å². The summed E-state index contributed by atoms with van der Waals surface area (Å²) in [5, 5.41) is 0. The Bertz CT molecular complexity index is 725. The molecule has 6 heteroatoms. The maximum absolute atomic E-state index is 12.5. The Hall–Kier alpha value is -2.63. The number of nitrogen functional groups attached to an aromatic ring is 1. The number of carbonyl (C=O) groups is 1. The average Bonchev–Trinajstić information content (AvgIpc) is 2.56. The number of benzene rings is 1. The first-order valence-corrected chi connectivity index (χ1v) is 7.73. The maximum atomic E-state index is 12.5. The molecule has 122 valence electrons. The van der Waals surface area contributed by atoms with E-state index in [0.717, 1.165) is 5.56 Å². The van der Waals surface area contributed by atoms with Crippen LogP contribution in [0, 0.1) is 0 Å². The highest BCUT2D eigenvalue weighted by molar-refractivity contribution is 5.76. The van der Waals surface area contributed by atoms with Gasteiger partial charge in [-0.15, -0.1) is 0 Å². The minimum absolute atomic E-state index is 0.0819. The topological polar surface area (TPSA) is 81.2 Å². The Balaban J connectivity index is 2.15. The zero-order chi connectivity index (χ0) is 16.8. The molecule has 1 heterocycles. The van der Waals surface area contributed by atoms with Gasteiger partial charge in [-0.05, 0) is 18.9 Å². The van der Waals surface area contributed by atoms with Gasteiger partial charge in [-0.3, -0.25) is 14.2 Å². The summed E-state index contributed by atoms with van der Waals surface area (Å²) in [4.78, 5) is 30.4. The molecule has 0 unspecified atom stereocenters. The van der Waals surface area contributed by atoms with E-state index in [1.807, 2.05) is 44.2 Å². The van der Waals surface area contributed by atoms with Crippen LogP contribution in [0.25, 0.3) is 0 Å². The molecule has 2 N–H and O–H groups in total. The predicted molar refractivity (Wildman–Crippen MR) is 89.8 cm³/mol. The van der Waals surface area contributed by atoms with Crippen molar-refractivity contribution in [3.05, 3.63) is 58.0 Å². The molecular weight excluding hydrogens is 292 g/mol. The van der Waals surface area contributed by atoms with Gasteiger partial charge in [-0.2, -0.15) is 0 Å². The number of likely N-dealkylation sites (N-methyl/N-ethyl adjacent to an activating group) is 1. The molecule has 1 aromatic carbocycles. The molecule has 2 rings (SSSR count). The lowest BCUT2D eigenvalue weighted by molar-refractivity contribution is -0.132. The average molecular weight is 314 g/mol. The Kier molecular flexibility index (Phi) is 5.51. The van der Waals surface area contributed by atoms with Crippen LogP contribution in [0.2, 0.25) is 0 Å². The third kappa shape index (κ3) is 4.18. The molecule has 0 radical (unpaired) electrons. The van der Waals surface area contributed by atoms with Crippen LogP contribution in [0.5, 0.6) is 0 Å². The second-order valence-corrected chi connectivity index (χ2v) is 5.28. The van der Waals surface area contributed by atoms with E-state index < -0.39 is 0 Å². The van der Waals surface area contributed by atoms with Crippen molar-refractivity contribution in [3.8, 4) is 0 Å². The fourth-order valence-electron chi connectivity index (χ4n) is 2.33. The zero-order valence-corrected chi connectivity index (χ0v) is 13.5. The van der Waals surface area contributed by atoms with Crippen molar-refractivity contribution in [1.29, 1.82) is 0 Å². The Morgan fingerprint density at radius 3 is 2.52 bits per heavy atom. The molecule has 0 fully saturated rings. The van der Waals surface area contributed by atoms with Gasteiger partial charge < -0.3 is 10.6 Å². The molecule has 1 amide bonds. The van der Waals surface area contributed by atoms with Gasteiger partial charge in [-0.1, -0.05) is 37.3 Å². The minimum atomic E-state index is -0.293. The van der Waals surface area contributed by atoms with Crippen LogP contribution in [-0.2, 0) is 24.3 Å². The quantitative estimate of drug-likeness (QED) is 0.874. The van der Waals surface area contributed by atoms with Gasteiger partial charge in [0.05, 0.1) is 0 Å². The van der Waals surface area contributed by atoms with Crippen molar-refractivity contribution >= 4 is 11.9 Å². The number of anilines is 1. The highest BCUT2D eigenvalue weighted by Gasteiger charge is 2.15. The van der Waals surface area contributed by atoms with Crippen LogP contribution in [-0.4, -0.2) is 26.9 Å². The SMILES string of the molecule is CCc1cc(=O)n(CC(=O)N(CC)Cc2ccccc2)c(N)n1. The van der Waals surface area contributed by atoms with Crippen LogP contribution in [0.15, 0.2) is 41.2 Å². The largest absolute Gasteiger partial charge is 0.369 e. The highest BCUT2D eigenvalue weighted by atomic mass is 16.2. The summed E-state index contributed by atoms with van der Waals surface area (Å²) < 4.78 is 1.22. The summed E-state index contributed by atoms with van der Waals surface area (Å²) in [6.45, 7) is 4.78. The van der Waals surface area contributed by atoms with Crippen molar-refractivity contribution in [1.82, 2.24) is 14.5 Å². The Morgan fingerprint density at radius 2 is 1.96 bits per heavy atom. The van der Waals surface area contributed by atoms with Gasteiger partial charge in [0, 0.05) is 24.8 Å². The van der Waals surface area contributed by atoms with Crippen molar-refractivity contribution in [2.24, 2.45) is 0 Å². The van der Waals surface area contributed by atoms with E-state index in [4.69, 9.17) is 5.73 Å². The second kappa shape index (κ2) is 7.58. The highest BCUT2D eigenvalue weighted by Crippen LogP contribution is 2.06. The van der Waals surface area contributed by atoms with Crippen molar-refractivity contribution in [2.45, 2.75) is 33.4 Å². The van der Waals surface area contributed by atoms with Gasteiger partial charge >= 0.3 is 0 Å². The Labute approximate surface area is 135 Å². The third-order valence-electron chi connectivity index (χ3n) is 3.70. The lowest BCUT2D eigenvalue weighted by atomic mass is 10.2. The van der Waals surface area contributed by atoms with Crippen LogP contribution < -0.4 is 11.3 Å². The summed E-state index contributed by atoms with van der Waals surface area (Å²) in [7, 11) is 0. The second-order valence-electron chi connectivity index (χ2n) is 5.28. The first kappa shape index (κ1) is 16.7.